The minimum Gasteiger partial charge on any atom is -0.504 e. The van der Waals surface area contributed by atoms with E-state index in [1.807, 2.05) is 0 Å². The molecule has 3 N–H and O–H groups in total. The van der Waals surface area contributed by atoms with Crippen LogP contribution in [0.25, 0.3) is 0 Å². The van der Waals surface area contributed by atoms with Gasteiger partial charge < -0.3 is 29.5 Å². The van der Waals surface area contributed by atoms with E-state index in [4.69, 9.17) is 26.4 Å². The summed E-state index contributed by atoms with van der Waals surface area (Å²) < 4.78 is 15.9. The van der Waals surface area contributed by atoms with Crippen LogP contribution < -0.4 is 14.2 Å². The van der Waals surface area contributed by atoms with Crippen LogP contribution in [0.2, 0.25) is 0 Å². The molecule has 0 saturated carbocycles. The summed E-state index contributed by atoms with van der Waals surface area (Å²) in [6.45, 7) is 0.156. The van der Waals surface area contributed by atoms with Gasteiger partial charge in [0.2, 0.25) is 6.79 Å². The number of aromatic hydroxyl groups is 3. The third-order valence-electron chi connectivity index (χ3n) is 2.86. The van der Waals surface area contributed by atoms with Crippen LogP contribution in [0.3, 0.4) is 0 Å². The quantitative estimate of drug-likeness (QED) is 0.579. The first-order valence-corrected chi connectivity index (χ1v) is 6.32. The highest BCUT2D eigenvalue weighted by Gasteiger charge is 2.16. The van der Waals surface area contributed by atoms with Gasteiger partial charge in [0.15, 0.2) is 33.8 Å². The molecule has 1 aliphatic heterocycles. The van der Waals surface area contributed by atoms with E-state index in [9.17, 15) is 15.3 Å². The molecule has 7 heteroatoms. The summed E-state index contributed by atoms with van der Waals surface area (Å²) in [5, 5.41) is 28.2. The zero-order chi connectivity index (χ0) is 15.0. The Hall–Kier alpha value is -2.67. The SMILES string of the molecule is Oc1cc(C(=S)Oc2ccc3c(c2)OCO3)cc(O)c1O. The second-order valence-electron chi connectivity index (χ2n) is 4.27. The normalized spacial score (nSPS) is 12.2. The van der Waals surface area contributed by atoms with Crippen molar-refractivity contribution in [1.29, 1.82) is 0 Å². The second kappa shape index (κ2) is 5.02. The molecule has 1 aliphatic rings. The fourth-order valence-corrected chi connectivity index (χ4v) is 2.04. The standard InChI is InChI=1S/C14H10O6S/c15-9-3-7(4-10(16)13(9)17)14(21)20-8-1-2-11-12(5-8)19-6-18-11/h1-5,15-17H,6H2. The highest BCUT2D eigenvalue weighted by atomic mass is 32.1. The third-order valence-corrected chi connectivity index (χ3v) is 3.18. The van der Waals surface area contributed by atoms with Crippen LogP contribution in [0.4, 0.5) is 0 Å². The molecule has 0 radical (unpaired) electrons. The van der Waals surface area contributed by atoms with Crippen LogP contribution in [0.5, 0.6) is 34.5 Å². The number of rotatable bonds is 2. The van der Waals surface area contributed by atoms with E-state index in [-0.39, 0.29) is 17.4 Å². The first kappa shape index (κ1) is 13.3. The molecule has 108 valence electrons. The molecule has 1 heterocycles. The predicted molar refractivity (Wildman–Crippen MR) is 76.3 cm³/mol. The maximum atomic E-state index is 9.46. The highest BCUT2D eigenvalue weighted by molar-refractivity contribution is 7.80. The van der Waals surface area contributed by atoms with Crippen LogP contribution in [-0.2, 0) is 0 Å². The lowest BCUT2D eigenvalue weighted by molar-refractivity contribution is 0.174. The average molecular weight is 306 g/mol. The molecule has 2 aromatic rings. The molecule has 0 spiro atoms. The van der Waals surface area contributed by atoms with Gasteiger partial charge >= 0.3 is 0 Å². The average Bonchev–Trinajstić information content (AvgIpc) is 2.91. The Labute approximate surface area is 124 Å². The summed E-state index contributed by atoms with van der Waals surface area (Å²) in [6, 6.07) is 7.36. The van der Waals surface area contributed by atoms with Gasteiger partial charge in [-0.1, -0.05) is 0 Å². The number of ether oxygens (including phenoxy) is 3. The molecule has 0 saturated heterocycles. The van der Waals surface area contributed by atoms with Gasteiger partial charge in [-0.15, -0.1) is 0 Å². The summed E-state index contributed by atoms with van der Waals surface area (Å²) in [5.74, 6) is 0.0177. The first-order chi connectivity index (χ1) is 10.0. The van der Waals surface area contributed by atoms with Crippen LogP contribution >= 0.6 is 12.2 Å². The Kier molecular flexibility index (Phi) is 3.19. The van der Waals surface area contributed by atoms with Crippen molar-refractivity contribution >= 4 is 17.3 Å². The molecular formula is C14H10O6S. The Balaban J connectivity index is 1.83. The fraction of sp³-hybridized carbons (Fsp3) is 0.0714. The predicted octanol–water partition coefficient (Wildman–Crippen LogP) is 2.29. The monoisotopic (exact) mass is 306 g/mol. The van der Waals surface area contributed by atoms with Gasteiger partial charge in [0.05, 0.1) is 0 Å². The fourth-order valence-electron chi connectivity index (χ4n) is 1.83. The van der Waals surface area contributed by atoms with E-state index < -0.39 is 17.2 Å². The smallest absolute Gasteiger partial charge is 0.231 e. The Morgan fingerprint density at radius 1 is 1.00 bits per heavy atom. The number of hydrogen-bond donors (Lipinski definition) is 3. The van der Waals surface area contributed by atoms with E-state index in [1.165, 1.54) is 12.1 Å². The molecule has 0 bridgehead atoms. The van der Waals surface area contributed by atoms with Crippen molar-refractivity contribution in [3.05, 3.63) is 35.9 Å². The van der Waals surface area contributed by atoms with Gasteiger partial charge in [0.25, 0.3) is 0 Å². The number of benzene rings is 2. The van der Waals surface area contributed by atoms with Gasteiger partial charge in [-0.3, -0.25) is 0 Å². The van der Waals surface area contributed by atoms with Crippen LogP contribution in [0.1, 0.15) is 5.56 Å². The Bertz CT molecular complexity index is 704. The summed E-state index contributed by atoms with van der Waals surface area (Å²) in [5.41, 5.74) is 0.260. The number of phenols is 3. The maximum Gasteiger partial charge on any atom is 0.231 e. The highest BCUT2D eigenvalue weighted by Crippen LogP contribution is 2.37. The van der Waals surface area contributed by atoms with Gasteiger partial charge in [-0.05, 0) is 36.5 Å². The lowest BCUT2D eigenvalue weighted by Crippen LogP contribution is -2.06. The van der Waals surface area contributed by atoms with E-state index in [0.717, 1.165) is 0 Å². The molecule has 0 fully saturated rings. The minimum atomic E-state index is -0.607. The van der Waals surface area contributed by atoms with Crippen molar-refractivity contribution in [3.63, 3.8) is 0 Å². The van der Waals surface area contributed by atoms with Gasteiger partial charge in [-0.2, -0.15) is 0 Å². The van der Waals surface area contributed by atoms with Crippen molar-refractivity contribution < 1.29 is 29.5 Å². The van der Waals surface area contributed by atoms with Crippen LogP contribution in [0.15, 0.2) is 30.3 Å². The van der Waals surface area contributed by atoms with E-state index in [2.05, 4.69) is 0 Å². The van der Waals surface area contributed by atoms with Crippen molar-refractivity contribution in [2.45, 2.75) is 0 Å². The van der Waals surface area contributed by atoms with Crippen molar-refractivity contribution in [1.82, 2.24) is 0 Å². The Morgan fingerprint density at radius 2 is 1.67 bits per heavy atom. The third kappa shape index (κ3) is 2.50. The molecule has 3 rings (SSSR count). The molecule has 2 aromatic carbocycles. The van der Waals surface area contributed by atoms with Gasteiger partial charge in [0.1, 0.15) is 5.75 Å². The number of hydrogen-bond acceptors (Lipinski definition) is 7. The van der Waals surface area contributed by atoms with Crippen molar-refractivity contribution in [2.75, 3.05) is 6.79 Å². The van der Waals surface area contributed by atoms with Crippen LogP contribution in [-0.4, -0.2) is 27.2 Å². The van der Waals surface area contributed by atoms with Gasteiger partial charge in [-0.25, -0.2) is 0 Å². The van der Waals surface area contributed by atoms with Crippen molar-refractivity contribution in [3.8, 4) is 34.5 Å². The zero-order valence-electron chi connectivity index (χ0n) is 10.6. The lowest BCUT2D eigenvalue weighted by atomic mass is 10.2. The molecule has 6 nitrogen and oxygen atoms in total. The number of thiocarbonyl (C=S) groups is 1. The Morgan fingerprint density at radius 3 is 2.38 bits per heavy atom. The number of fused-ring (bicyclic) bond motifs is 1. The van der Waals surface area contributed by atoms with Crippen molar-refractivity contribution in [2.24, 2.45) is 0 Å². The van der Waals surface area contributed by atoms with Crippen LogP contribution in [0, 0.1) is 0 Å². The molecule has 21 heavy (non-hydrogen) atoms. The number of phenolic OH excluding ortho intramolecular Hbond substituents is 3. The second-order valence-corrected chi connectivity index (χ2v) is 4.64. The minimum absolute atomic E-state index is 0.0273. The molecule has 0 aromatic heterocycles. The topological polar surface area (TPSA) is 88.4 Å². The van der Waals surface area contributed by atoms with E-state index in [0.29, 0.717) is 17.2 Å². The van der Waals surface area contributed by atoms with E-state index in [1.54, 1.807) is 18.2 Å². The summed E-state index contributed by atoms with van der Waals surface area (Å²) >= 11 is 5.09. The molecular weight excluding hydrogens is 296 g/mol. The summed E-state index contributed by atoms with van der Waals surface area (Å²) in [7, 11) is 0. The maximum absolute atomic E-state index is 9.46. The van der Waals surface area contributed by atoms with Gasteiger partial charge in [0, 0.05) is 11.6 Å². The molecule has 0 amide bonds. The van der Waals surface area contributed by atoms with E-state index >= 15 is 0 Å². The zero-order valence-corrected chi connectivity index (χ0v) is 11.4. The largest absolute Gasteiger partial charge is 0.504 e. The molecule has 0 aliphatic carbocycles. The first-order valence-electron chi connectivity index (χ1n) is 5.91. The lowest BCUT2D eigenvalue weighted by Gasteiger charge is -2.09. The summed E-state index contributed by atoms with van der Waals surface area (Å²) in [4.78, 5) is 0. The summed E-state index contributed by atoms with van der Waals surface area (Å²) in [6.07, 6.45) is 0. The molecule has 0 unspecified atom stereocenters. The molecule has 0 atom stereocenters.